The van der Waals surface area contributed by atoms with Crippen molar-refractivity contribution in [2.24, 2.45) is 7.05 Å². The SMILES string of the molecule is Cn1ccnc1N1CCN(C(=O)CCCc2ccccn2)CC1. The molecule has 6 heteroatoms. The number of amides is 1. The van der Waals surface area contributed by atoms with E-state index in [4.69, 9.17) is 0 Å². The zero-order valence-electron chi connectivity index (χ0n) is 13.6. The number of aryl methyl sites for hydroxylation is 2. The lowest BCUT2D eigenvalue weighted by Crippen LogP contribution is -2.49. The number of carbonyl (C=O) groups is 1. The van der Waals surface area contributed by atoms with Gasteiger partial charge in [0.05, 0.1) is 0 Å². The van der Waals surface area contributed by atoms with E-state index < -0.39 is 0 Å². The summed E-state index contributed by atoms with van der Waals surface area (Å²) in [5.41, 5.74) is 1.06. The standard InChI is InChI=1S/C17H23N5O/c1-20-10-9-19-17(20)22-13-11-21(12-14-22)16(23)7-4-6-15-5-2-3-8-18-15/h2-3,5,8-10H,4,6-7,11-14H2,1H3. The lowest BCUT2D eigenvalue weighted by Gasteiger charge is -2.35. The second kappa shape index (κ2) is 7.26. The molecule has 3 heterocycles. The molecule has 0 atom stereocenters. The first-order valence-electron chi connectivity index (χ1n) is 8.14. The summed E-state index contributed by atoms with van der Waals surface area (Å²) in [7, 11) is 2.00. The van der Waals surface area contributed by atoms with Crippen molar-refractivity contribution >= 4 is 11.9 Å². The van der Waals surface area contributed by atoms with Gasteiger partial charge in [0, 0.05) is 63.9 Å². The molecule has 3 rings (SSSR count). The fourth-order valence-electron chi connectivity index (χ4n) is 2.94. The average molecular weight is 313 g/mol. The molecule has 122 valence electrons. The lowest BCUT2D eigenvalue weighted by molar-refractivity contribution is -0.131. The van der Waals surface area contributed by atoms with Gasteiger partial charge in [0.15, 0.2) is 0 Å². The summed E-state index contributed by atoms with van der Waals surface area (Å²) >= 11 is 0. The first-order valence-corrected chi connectivity index (χ1v) is 8.14. The molecule has 1 amide bonds. The van der Waals surface area contributed by atoms with Crippen LogP contribution in [0.3, 0.4) is 0 Å². The number of carbonyl (C=O) groups excluding carboxylic acids is 1. The molecule has 2 aromatic heterocycles. The molecule has 1 aliphatic heterocycles. The number of aromatic nitrogens is 3. The van der Waals surface area contributed by atoms with Crippen molar-refractivity contribution in [3.8, 4) is 0 Å². The molecule has 2 aromatic rings. The van der Waals surface area contributed by atoms with Gasteiger partial charge in [0.25, 0.3) is 0 Å². The number of anilines is 1. The number of nitrogens with zero attached hydrogens (tertiary/aromatic N) is 5. The zero-order valence-corrected chi connectivity index (χ0v) is 13.6. The van der Waals surface area contributed by atoms with E-state index in [1.807, 2.05) is 47.1 Å². The molecular weight excluding hydrogens is 290 g/mol. The smallest absolute Gasteiger partial charge is 0.222 e. The van der Waals surface area contributed by atoms with Gasteiger partial charge in [-0.3, -0.25) is 9.78 Å². The van der Waals surface area contributed by atoms with Gasteiger partial charge in [-0.2, -0.15) is 0 Å². The normalized spacial score (nSPS) is 15.0. The van der Waals surface area contributed by atoms with E-state index in [1.165, 1.54) is 0 Å². The summed E-state index contributed by atoms with van der Waals surface area (Å²) < 4.78 is 2.02. The molecule has 0 radical (unpaired) electrons. The number of piperazine rings is 1. The summed E-state index contributed by atoms with van der Waals surface area (Å²) in [6, 6.07) is 5.91. The summed E-state index contributed by atoms with van der Waals surface area (Å²) in [5.74, 6) is 1.23. The number of imidazole rings is 1. The van der Waals surface area contributed by atoms with E-state index in [9.17, 15) is 4.79 Å². The van der Waals surface area contributed by atoms with Crippen LogP contribution < -0.4 is 4.90 Å². The third kappa shape index (κ3) is 3.88. The predicted octanol–water partition coefficient (Wildman–Crippen LogP) is 1.49. The molecule has 0 unspecified atom stereocenters. The average Bonchev–Trinajstić information content (AvgIpc) is 3.02. The van der Waals surface area contributed by atoms with Crippen molar-refractivity contribution in [3.63, 3.8) is 0 Å². The van der Waals surface area contributed by atoms with Crippen molar-refractivity contribution in [2.75, 3.05) is 31.1 Å². The Morgan fingerprint density at radius 2 is 1.96 bits per heavy atom. The van der Waals surface area contributed by atoms with Crippen LogP contribution in [0.2, 0.25) is 0 Å². The van der Waals surface area contributed by atoms with Crippen LogP contribution in [0.5, 0.6) is 0 Å². The van der Waals surface area contributed by atoms with Crippen LogP contribution in [0.25, 0.3) is 0 Å². The van der Waals surface area contributed by atoms with Crippen LogP contribution in [-0.4, -0.2) is 51.5 Å². The van der Waals surface area contributed by atoms with E-state index in [0.29, 0.717) is 6.42 Å². The quantitative estimate of drug-likeness (QED) is 0.839. The van der Waals surface area contributed by atoms with E-state index in [2.05, 4.69) is 14.9 Å². The number of rotatable bonds is 5. The molecule has 0 aromatic carbocycles. The first-order chi connectivity index (χ1) is 11.2. The van der Waals surface area contributed by atoms with Crippen LogP contribution >= 0.6 is 0 Å². The molecule has 1 aliphatic rings. The van der Waals surface area contributed by atoms with Gasteiger partial charge in [-0.25, -0.2) is 4.98 Å². The van der Waals surface area contributed by atoms with Gasteiger partial charge < -0.3 is 14.4 Å². The van der Waals surface area contributed by atoms with Crippen molar-refractivity contribution in [2.45, 2.75) is 19.3 Å². The number of pyridine rings is 1. The van der Waals surface area contributed by atoms with Crippen LogP contribution in [0.1, 0.15) is 18.5 Å². The maximum absolute atomic E-state index is 12.3. The van der Waals surface area contributed by atoms with Gasteiger partial charge in [-0.05, 0) is 25.0 Å². The molecule has 0 aliphatic carbocycles. The van der Waals surface area contributed by atoms with E-state index in [0.717, 1.165) is 50.7 Å². The van der Waals surface area contributed by atoms with Gasteiger partial charge in [0.2, 0.25) is 11.9 Å². The molecule has 23 heavy (non-hydrogen) atoms. The molecule has 1 fully saturated rings. The topological polar surface area (TPSA) is 54.3 Å². The summed E-state index contributed by atoms with van der Waals surface area (Å²) in [4.78, 5) is 25.2. The van der Waals surface area contributed by atoms with Crippen LogP contribution in [0, 0.1) is 0 Å². The Hall–Kier alpha value is -2.37. The van der Waals surface area contributed by atoms with Crippen molar-refractivity contribution in [3.05, 3.63) is 42.5 Å². The van der Waals surface area contributed by atoms with Crippen molar-refractivity contribution in [1.82, 2.24) is 19.4 Å². The molecule has 0 bridgehead atoms. The summed E-state index contributed by atoms with van der Waals surface area (Å²) in [6.07, 6.45) is 7.87. The van der Waals surface area contributed by atoms with Crippen molar-refractivity contribution < 1.29 is 4.79 Å². The Bertz CT molecular complexity index is 631. The molecule has 0 spiro atoms. The molecule has 1 saturated heterocycles. The fraction of sp³-hybridized carbons (Fsp3) is 0.471. The van der Waals surface area contributed by atoms with Gasteiger partial charge in [-0.15, -0.1) is 0 Å². The highest BCUT2D eigenvalue weighted by Crippen LogP contribution is 2.14. The Morgan fingerprint density at radius 1 is 1.13 bits per heavy atom. The van der Waals surface area contributed by atoms with E-state index in [1.54, 1.807) is 6.20 Å². The minimum absolute atomic E-state index is 0.250. The fourth-order valence-corrected chi connectivity index (χ4v) is 2.94. The Kier molecular flexibility index (Phi) is 4.90. The van der Waals surface area contributed by atoms with Crippen molar-refractivity contribution in [1.29, 1.82) is 0 Å². The minimum atomic E-state index is 0.250. The highest BCUT2D eigenvalue weighted by Gasteiger charge is 2.22. The summed E-state index contributed by atoms with van der Waals surface area (Å²) in [5, 5.41) is 0. The van der Waals surface area contributed by atoms with Crippen LogP contribution in [-0.2, 0) is 18.3 Å². The third-order valence-corrected chi connectivity index (χ3v) is 4.26. The highest BCUT2D eigenvalue weighted by atomic mass is 16.2. The second-order valence-electron chi connectivity index (χ2n) is 5.88. The zero-order chi connectivity index (χ0) is 16.1. The summed E-state index contributed by atoms with van der Waals surface area (Å²) in [6.45, 7) is 3.23. The Labute approximate surface area is 136 Å². The van der Waals surface area contributed by atoms with Gasteiger partial charge in [-0.1, -0.05) is 6.07 Å². The highest BCUT2D eigenvalue weighted by molar-refractivity contribution is 5.76. The third-order valence-electron chi connectivity index (χ3n) is 4.26. The molecule has 6 nitrogen and oxygen atoms in total. The molecule has 0 N–H and O–H groups in total. The maximum atomic E-state index is 12.3. The monoisotopic (exact) mass is 313 g/mol. The van der Waals surface area contributed by atoms with E-state index in [-0.39, 0.29) is 5.91 Å². The second-order valence-corrected chi connectivity index (χ2v) is 5.88. The Balaban J connectivity index is 1.42. The van der Waals surface area contributed by atoms with Crippen LogP contribution in [0.4, 0.5) is 5.95 Å². The minimum Gasteiger partial charge on any atom is -0.339 e. The largest absolute Gasteiger partial charge is 0.339 e. The van der Waals surface area contributed by atoms with Gasteiger partial charge >= 0.3 is 0 Å². The van der Waals surface area contributed by atoms with Gasteiger partial charge in [0.1, 0.15) is 0 Å². The molecule has 0 saturated carbocycles. The number of hydrogen-bond acceptors (Lipinski definition) is 4. The van der Waals surface area contributed by atoms with E-state index >= 15 is 0 Å². The van der Waals surface area contributed by atoms with Crippen LogP contribution in [0.15, 0.2) is 36.8 Å². The number of hydrogen-bond donors (Lipinski definition) is 0. The predicted molar refractivity (Wildman–Crippen MR) is 89.2 cm³/mol. The lowest BCUT2D eigenvalue weighted by atomic mass is 10.1. The maximum Gasteiger partial charge on any atom is 0.222 e. The first kappa shape index (κ1) is 15.5. The Morgan fingerprint density at radius 3 is 2.61 bits per heavy atom. The molecular formula is C17H23N5O.